The molecule has 0 bridgehead atoms. The van der Waals surface area contributed by atoms with Gasteiger partial charge in [-0.3, -0.25) is 4.90 Å². The first-order valence-corrected chi connectivity index (χ1v) is 11.3. The summed E-state index contributed by atoms with van der Waals surface area (Å²) in [5.74, 6) is -0.213. The van der Waals surface area contributed by atoms with Crippen molar-refractivity contribution < 1.29 is 19.4 Å². The normalized spacial score (nSPS) is 25.1. The van der Waals surface area contributed by atoms with Gasteiger partial charge < -0.3 is 14.6 Å². The molecular formula is C18H29NO4Si. The van der Waals surface area contributed by atoms with Crippen molar-refractivity contribution in [2.24, 2.45) is 0 Å². The van der Waals surface area contributed by atoms with Crippen LogP contribution in [0.2, 0.25) is 18.1 Å². The smallest absolute Gasteiger partial charge is 0.407 e. The summed E-state index contributed by atoms with van der Waals surface area (Å²) < 4.78 is 6.19. The molecule has 1 aliphatic heterocycles. The molecule has 1 amide bonds. The Morgan fingerprint density at radius 3 is 2.38 bits per heavy atom. The summed E-state index contributed by atoms with van der Waals surface area (Å²) in [6, 6.07) is 9.08. The summed E-state index contributed by atoms with van der Waals surface area (Å²) in [7, 11) is -2.00. The second-order valence-corrected chi connectivity index (χ2v) is 12.9. The summed E-state index contributed by atoms with van der Waals surface area (Å²) in [6.07, 6.45) is -1.76. The summed E-state index contributed by atoms with van der Waals surface area (Å²) in [4.78, 5) is 13.0. The van der Waals surface area contributed by atoms with Crippen LogP contribution >= 0.6 is 0 Å². The Labute approximate surface area is 145 Å². The Balaban J connectivity index is 2.16. The number of carbonyl (C=O) groups is 1. The molecule has 24 heavy (non-hydrogen) atoms. The number of aliphatic hydroxyl groups excluding tert-OH is 1. The van der Waals surface area contributed by atoms with Crippen molar-refractivity contribution in [1.29, 1.82) is 0 Å². The highest BCUT2D eigenvalue weighted by molar-refractivity contribution is 6.74. The third-order valence-electron chi connectivity index (χ3n) is 5.49. The van der Waals surface area contributed by atoms with Crippen molar-refractivity contribution in [2.75, 3.05) is 13.2 Å². The summed E-state index contributed by atoms with van der Waals surface area (Å²) in [5, 5.41) is 20.3. The number of aliphatic hydroxyl groups is 1. The van der Waals surface area contributed by atoms with Crippen molar-refractivity contribution in [3.05, 3.63) is 35.9 Å². The minimum absolute atomic E-state index is 0.0451. The first-order chi connectivity index (χ1) is 11.0. The number of nitrogens with zero attached hydrogens (tertiary/aromatic N) is 1. The van der Waals surface area contributed by atoms with Gasteiger partial charge in [-0.2, -0.15) is 0 Å². The highest BCUT2D eigenvalue weighted by Crippen LogP contribution is 2.38. The van der Waals surface area contributed by atoms with Crippen LogP contribution < -0.4 is 0 Å². The van der Waals surface area contributed by atoms with E-state index >= 15 is 0 Å². The zero-order chi connectivity index (χ0) is 18.1. The largest absolute Gasteiger partial charge is 0.465 e. The second-order valence-electron chi connectivity index (χ2n) is 8.08. The molecule has 1 saturated heterocycles. The van der Waals surface area contributed by atoms with E-state index in [1.54, 1.807) is 0 Å². The molecular weight excluding hydrogens is 322 g/mol. The SMILES string of the molecule is CC(C)(C)[Si](C)(C)OCC1C(O)C(c2ccccc2)CN1C(=O)O. The number of hydrogen-bond donors (Lipinski definition) is 2. The predicted octanol–water partition coefficient (Wildman–Crippen LogP) is 3.52. The molecule has 2 rings (SSSR count). The van der Waals surface area contributed by atoms with Crippen molar-refractivity contribution in [1.82, 2.24) is 4.90 Å². The molecule has 1 aliphatic rings. The molecule has 0 aromatic heterocycles. The third-order valence-corrected chi connectivity index (χ3v) is 10.00. The fraction of sp³-hybridized carbons (Fsp3) is 0.611. The molecule has 1 aromatic rings. The number of benzene rings is 1. The van der Waals surface area contributed by atoms with Gasteiger partial charge in [0.2, 0.25) is 0 Å². The van der Waals surface area contributed by atoms with Crippen LogP contribution in [0.15, 0.2) is 30.3 Å². The van der Waals surface area contributed by atoms with Crippen LogP contribution in [0.5, 0.6) is 0 Å². The predicted molar refractivity (Wildman–Crippen MR) is 96.9 cm³/mol. The molecule has 3 atom stereocenters. The van der Waals surface area contributed by atoms with Gasteiger partial charge in [0.05, 0.1) is 18.8 Å². The minimum atomic E-state index is -2.00. The van der Waals surface area contributed by atoms with E-state index in [0.717, 1.165) is 5.56 Å². The maximum Gasteiger partial charge on any atom is 0.407 e. The van der Waals surface area contributed by atoms with Gasteiger partial charge in [-0.1, -0.05) is 51.1 Å². The van der Waals surface area contributed by atoms with Crippen molar-refractivity contribution in [3.8, 4) is 0 Å². The van der Waals surface area contributed by atoms with Gasteiger partial charge in [0.1, 0.15) is 0 Å². The van der Waals surface area contributed by atoms with Gasteiger partial charge in [0, 0.05) is 12.5 Å². The molecule has 3 unspecified atom stereocenters. The van der Waals surface area contributed by atoms with E-state index in [1.807, 2.05) is 30.3 Å². The quantitative estimate of drug-likeness (QED) is 0.814. The number of amides is 1. The van der Waals surface area contributed by atoms with Crippen molar-refractivity contribution in [3.63, 3.8) is 0 Å². The van der Waals surface area contributed by atoms with Gasteiger partial charge in [-0.15, -0.1) is 0 Å². The highest BCUT2D eigenvalue weighted by atomic mass is 28.4. The monoisotopic (exact) mass is 351 g/mol. The van der Waals surface area contributed by atoms with E-state index in [0.29, 0.717) is 6.54 Å². The summed E-state index contributed by atoms with van der Waals surface area (Å²) in [5.41, 5.74) is 0.964. The number of rotatable bonds is 4. The fourth-order valence-electron chi connectivity index (χ4n) is 2.83. The maximum absolute atomic E-state index is 11.6. The van der Waals surface area contributed by atoms with Crippen LogP contribution in [0.1, 0.15) is 32.3 Å². The zero-order valence-corrected chi connectivity index (χ0v) is 16.2. The Morgan fingerprint density at radius 2 is 1.88 bits per heavy atom. The Bertz CT molecular complexity index is 570. The fourth-order valence-corrected chi connectivity index (χ4v) is 3.85. The lowest BCUT2D eigenvalue weighted by Gasteiger charge is -2.38. The van der Waals surface area contributed by atoms with Crippen LogP contribution in [0.3, 0.4) is 0 Å². The van der Waals surface area contributed by atoms with E-state index in [4.69, 9.17) is 4.43 Å². The lowest BCUT2D eigenvalue weighted by atomic mass is 9.94. The van der Waals surface area contributed by atoms with Crippen LogP contribution in [0.25, 0.3) is 0 Å². The van der Waals surface area contributed by atoms with E-state index in [2.05, 4.69) is 33.9 Å². The van der Waals surface area contributed by atoms with Gasteiger partial charge in [-0.25, -0.2) is 4.79 Å². The molecule has 2 N–H and O–H groups in total. The van der Waals surface area contributed by atoms with E-state index in [-0.39, 0.29) is 17.6 Å². The van der Waals surface area contributed by atoms with E-state index in [9.17, 15) is 15.0 Å². The average molecular weight is 352 g/mol. The maximum atomic E-state index is 11.6. The second kappa shape index (κ2) is 6.86. The average Bonchev–Trinajstić information content (AvgIpc) is 2.82. The zero-order valence-electron chi connectivity index (χ0n) is 15.2. The molecule has 0 spiro atoms. The summed E-state index contributed by atoms with van der Waals surface area (Å²) >= 11 is 0. The Hall–Kier alpha value is -1.37. The van der Waals surface area contributed by atoms with Crippen molar-refractivity contribution >= 4 is 14.4 Å². The van der Waals surface area contributed by atoms with Gasteiger partial charge in [-0.05, 0) is 23.7 Å². The van der Waals surface area contributed by atoms with E-state index < -0.39 is 26.6 Å². The number of likely N-dealkylation sites (tertiary alicyclic amines) is 1. The number of hydrogen-bond acceptors (Lipinski definition) is 3. The molecule has 0 radical (unpaired) electrons. The molecule has 0 aliphatic carbocycles. The lowest BCUT2D eigenvalue weighted by molar-refractivity contribution is 0.0664. The Kier molecular flexibility index (Phi) is 5.42. The molecule has 1 heterocycles. The van der Waals surface area contributed by atoms with Crippen LogP contribution in [0, 0.1) is 0 Å². The molecule has 6 heteroatoms. The first kappa shape index (κ1) is 19.0. The molecule has 1 aromatic carbocycles. The molecule has 134 valence electrons. The topological polar surface area (TPSA) is 70.0 Å². The number of carboxylic acid groups (broad SMARTS) is 1. The van der Waals surface area contributed by atoms with Crippen LogP contribution in [-0.4, -0.2) is 54.8 Å². The lowest BCUT2D eigenvalue weighted by Crippen LogP contribution is -2.48. The highest BCUT2D eigenvalue weighted by Gasteiger charge is 2.46. The van der Waals surface area contributed by atoms with Gasteiger partial charge in [0.25, 0.3) is 0 Å². The first-order valence-electron chi connectivity index (χ1n) is 8.41. The van der Waals surface area contributed by atoms with Gasteiger partial charge >= 0.3 is 6.09 Å². The molecule has 5 nitrogen and oxygen atoms in total. The summed E-state index contributed by atoms with van der Waals surface area (Å²) in [6.45, 7) is 11.2. The minimum Gasteiger partial charge on any atom is -0.465 e. The van der Waals surface area contributed by atoms with Crippen LogP contribution in [-0.2, 0) is 4.43 Å². The molecule has 1 fully saturated rings. The molecule has 0 saturated carbocycles. The Morgan fingerprint density at radius 1 is 1.29 bits per heavy atom. The van der Waals surface area contributed by atoms with Gasteiger partial charge in [0.15, 0.2) is 8.32 Å². The van der Waals surface area contributed by atoms with Crippen LogP contribution in [0.4, 0.5) is 4.79 Å². The van der Waals surface area contributed by atoms with E-state index in [1.165, 1.54) is 4.90 Å². The standard InChI is InChI=1S/C18H29NO4Si/c1-18(2,3)24(4,5)23-12-15-16(20)14(11-19(15)17(21)22)13-9-7-6-8-10-13/h6-10,14-16,20H,11-12H2,1-5H3,(H,21,22). The third kappa shape index (κ3) is 3.82. The van der Waals surface area contributed by atoms with Crippen molar-refractivity contribution in [2.45, 2.75) is 57.0 Å².